The Morgan fingerprint density at radius 1 is 1.24 bits per heavy atom. The molecule has 2 rings (SSSR count). The van der Waals surface area contributed by atoms with Crippen LogP contribution in [0.4, 0.5) is 5.82 Å². The van der Waals surface area contributed by atoms with Crippen molar-refractivity contribution in [3.8, 4) is 17.1 Å². The lowest BCUT2D eigenvalue weighted by Gasteiger charge is -2.10. The molecule has 4 nitrogen and oxygen atoms in total. The highest BCUT2D eigenvalue weighted by Crippen LogP contribution is 2.29. The fraction of sp³-hybridized carbons (Fsp3) is 0.375. The number of halogens is 1. The molecule has 1 heterocycles. The van der Waals surface area contributed by atoms with Gasteiger partial charge in [-0.2, -0.15) is 0 Å². The van der Waals surface area contributed by atoms with Crippen LogP contribution < -0.4 is 10.1 Å². The van der Waals surface area contributed by atoms with Gasteiger partial charge in [0.1, 0.15) is 11.6 Å². The lowest BCUT2D eigenvalue weighted by atomic mass is 10.1. The third kappa shape index (κ3) is 3.94. The molecule has 0 aliphatic rings. The summed E-state index contributed by atoms with van der Waals surface area (Å²) in [6, 6.07) is 7.86. The average Bonchev–Trinajstić information content (AvgIpc) is 2.46. The minimum Gasteiger partial charge on any atom is -0.496 e. The summed E-state index contributed by atoms with van der Waals surface area (Å²) in [5.74, 6) is 2.91. The molecule has 0 aliphatic carbocycles. The summed E-state index contributed by atoms with van der Waals surface area (Å²) in [6.07, 6.45) is 0.932. The quantitative estimate of drug-likeness (QED) is 0.880. The Labute approximate surface area is 134 Å². The van der Waals surface area contributed by atoms with Crippen molar-refractivity contribution in [2.24, 2.45) is 5.92 Å². The largest absolute Gasteiger partial charge is 0.496 e. The first-order chi connectivity index (χ1) is 10.0. The van der Waals surface area contributed by atoms with Gasteiger partial charge in [0.15, 0.2) is 5.82 Å². The maximum absolute atomic E-state index is 5.26. The van der Waals surface area contributed by atoms with Crippen LogP contribution >= 0.6 is 15.9 Å². The van der Waals surface area contributed by atoms with Crippen LogP contribution in [0.5, 0.6) is 5.75 Å². The van der Waals surface area contributed by atoms with Gasteiger partial charge in [0.2, 0.25) is 0 Å². The fourth-order valence-electron chi connectivity index (χ4n) is 2.08. The summed E-state index contributed by atoms with van der Waals surface area (Å²) in [6.45, 7) is 4.37. The molecule has 1 N–H and O–H groups in total. The van der Waals surface area contributed by atoms with Gasteiger partial charge in [-0.15, -0.1) is 0 Å². The molecule has 0 radical (unpaired) electrons. The second-order valence-corrected chi connectivity index (χ2v) is 6.12. The number of hydrogen-bond donors (Lipinski definition) is 1. The Bertz CT molecular complexity index is 629. The second-order valence-electron chi connectivity index (χ2n) is 5.27. The molecule has 0 saturated carbocycles. The lowest BCUT2D eigenvalue weighted by molar-refractivity contribution is 0.412. The van der Waals surface area contributed by atoms with E-state index in [0.717, 1.165) is 39.5 Å². The summed E-state index contributed by atoms with van der Waals surface area (Å²) < 4.78 is 6.15. The standard InChI is InChI=1S/C16H20BrN3O/c1-10(2)7-12-9-15(18-3)20-16(19-12)11-5-6-14(21-4)13(17)8-11/h5-6,8-10H,7H2,1-4H3,(H,18,19,20). The SMILES string of the molecule is CNc1cc(CC(C)C)nc(-c2ccc(OC)c(Br)c2)n1. The van der Waals surface area contributed by atoms with E-state index >= 15 is 0 Å². The Morgan fingerprint density at radius 3 is 2.57 bits per heavy atom. The third-order valence-electron chi connectivity index (χ3n) is 3.06. The van der Waals surface area contributed by atoms with E-state index in [-0.39, 0.29) is 0 Å². The van der Waals surface area contributed by atoms with Crippen molar-refractivity contribution < 1.29 is 4.74 Å². The summed E-state index contributed by atoms with van der Waals surface area (Å²) in [7, 11) is 3.52. The van der Waals surface area contributed by atoms with Crippen LogP contribution in [0.3, 0.4) is 0 Å². The number of methoxy groups -OCH3 is 1. The Hall–Kier alpha value is -1.62. The van der Waals surface area contributed by atoms with Crippen molar-refractivity contribution in [3.05, 3.63) is 34.4 Å². The average molecular weight is 350 g/mol. The zero-order chi connectivity index (χ0) is 15.4. The van der Waals surface area contributed by atoms with Crippen molar-refractivity contribution in [1.29, 1.82) is 0 Å². The third-order valence-corrected chi connectivity index (χ3v) is 3.68. The molecule has 0 amide bonds. The van der Waals surface area contributed by atoms with Crippen LogP contribution in [0.1, 0.15) is 19.5 Å². The highest BCUT2D eigenvalue weighted by atomic mass is 79.9. The van der Waals surface area contributed by atoms with Gasteiger partial charge >= 0.3 is 0 Å². The second kappa shape index (κ2) is 6.89. The van der Waals surface area contributed by atoms with Gasteiger partial charge in [0.25, 0.3) is 0 Å². The van der Waals surface area contributed by atoms with Gasteiger partial charge in [0, 0.05) is 24.4 Å². The number of anilines is 1. The zero-order valence-corrected chi connectivity index (χ0v) is 14.4. The molecule has 2 aromatic rings. The number of hydrogen-bond acceptors (Lipinski definition) is 4. The highest BCUT2D eigenvalue weighted by molar-refractivity contribution is 9.10. The van der Waals surface area contributed by atoms with Crippen LogP contribution in [0, 0.1) is 5.92 Å². The van der Waals surface area contributed by atoms with E-state index in [9.17, 15) is 0 Å². The number of nitrogens with one attached hydrogen (secondary N) is 1. The van der Waals surface area contributed by atoms with Crippen LogP contribution in [0.15, 0.2) is 28.7 Å². The van der Waals surface area contributed by atoms with E-state index in [1.165, 1.54) is 0 Å². The van der Waals surface area contributed by atoms with Crippen molar-refractivity contribution in [1.82, 2.24) is 9.97 Å². The summed E-state index contributed by atoms with van der Waals surface area (Å²) in [5.41, 5.74) is 2.01. The molecule has 0 aliphatic heterocycles. The lowest BCUT2D eigenvalue weighted by Crippen LogP contribution is -2.03. The molecule has 0 bridgehead atoms. The van der Waals surface area contributed by atoms with E-state index in [2.05, 4.69) is 45.1 Å². The first kappa shape index (κ1) is 15.8. The minimum absolute atomic E-state index is 0.556. The molecule has 0 unspecified atom stereocenters. The summed E-state index contributed by atoms with van der Waals surface area (Å²) >= 11 is 3.50. The molecule has 1 aromatic carbocycles. The predicted molar refractivity (Wildman–Crippen MR) is 89.8 cm³/mol. The molecule has 21 heavy (non-hydrogen) atoms. The Kier molecular flexibility index (Phi) is 5.17. The number of ether oxygens (including phenoxy) is 1. The summed E-state index contributed by atoms with van der Waals surface area (Å²) in [5, 5.41) is 3.10. The molecular formula is C16H20BrN3O. The summed E-state index contributed by atoms with van der Waals surface area (Å²) in [4.78, 5) is 9.22. The van der Waals surface area contributed by atoms with Crippen molar-refractivity contribution >= 4 is 21.7 Å². The van der Waals surface area contributed by atoms with Crippen molar-refractivity contribution in [2.75, 3.05) is 19.5 Å². The maximum Gasteiger partial charge on any atom is 0.161 e. The smallest absolute Gasteiger partial charge is 0.161 e. The van der Waals surface area contributed by atoms with E-state index in [0.29, 0.717) is 5.92 Å². The molecular weight excluding hydrogens is 330 g/mol. The van der Waals surface area contributed by atoms with Crippen LogP contribution in [-0.4, -0.2) is 24.1 Å². The molecule has 0 spiro atoms. The number of benzene rings is 1. The van der Waals surface area contributed by atoms with Gasteiger partial charge in [-0.25, -0.2) is 9.97 Å². The van der Waals surface area contributed by atoms with Crippen LogP contribution in [-0.2, 0) is 6.42 Å². The molecule has 0 atom stereocenters. The molecule has 0 fully saturated rings. The van der Waals surface area contributed by atoms with Gasteiger partial charge in [-0.1, -0.05) is 13.8 Å². The first-order valence-electron chi connectivity index (χ1n) is 6.93. The van der Waals surface area contributed by atoms with Gasteiger partial charge < -0.3 is 10.1 Å². The van der Waals surface area contributed by atoms with Crippen molar-refractivity contribution in [3.63, 3.8) is 0 Å². The van der Waals surface area contributed by atoms with E-state index in [1.54, 1.807) is 7.11 Å². The number of nitrogens with zero attached hydrogens (tertiary/aromatic N) is 2. The predicted octanol–water partition coefficient (Wildman–Crippen LogP) is 4.15. The molecule has 0 saturated heterocycles. The van der Waals surface area contributed by atoms with Crippen molar-refractivity contribution in [2.45, 2.75) is 20.3 Å². The zero-order valence-electron chi connectivity index (χ0n) is 12.8. The van der Waals surface area contributed by atoms with Crippen LogP contribution in [0.25, 0.3) is 11.4 Å². The maximum atomic E-state index is 5.26. The fourth-order valence-corrected chi connectivity index (χ4v) is 2.62. The van der Waals surface area contributed by atoms with Gasteiger partial charge in [-0.05, 0) is 46.5 Å². The highest BCUT2D eigenvalue weighted by Gasteiger charge is 2.10. The molecule has 112 valence electrons. The van der Waals surface area contributed by atoms with Gasteiger partial charge in [-0.3, -0.25) is 0 Å². The Balaban J connectivity index is 2.44. The van der Waals surface area contributed by atoms with E-state index < -0.39 is 0 Å². The number of rotatable bonds is 5. The van der Waals surface area contributed by atoms with E-state index in [4.69, 9.17) is 4.74 Å². The van der Waals surface area contributed by atoms with E-state index in [1.807, 2.05) is 31.3 Å². The van der Waals surface area contributed by atoms with Crippen LogP contribution in [0.2, 0.25) is 0 Å². The monoisotopic (exact) mass is 349 g/mol. The molecule has 5 heteroatoms. The molecule has 1 aromatic heterocycles. The van der Waals surface area contributed by atoms with Gasteiger partial charge in [0.05, 0.1) is 11.6 Å². The number of aromatic nitrogens is 2. The minimum atomic E-state index is 0.556. The normalized spacial score (nSPS) is 10.8. The first-order valence-corrected chi connectivity index (χ1v) is 7.72. The Morgan fingerprint density at radius 2 is 2.00 bits per heavy atom. The topological polar surface area (TPSA) is 47.0 Å².